The highest BCUT2D eigenvalue weighted by Gasteiger charge is 2.06. The highest BCUT2D eigenvalue weighted by Crippen LogP contribution is 2.25. The van der Waals surface area contributed by atoms with Crippen molar-refractivity contribution in [3.63, 3.8) is 0 Å². The van der Waals surface area contributed by atoms with E-state index in [9.17, 15) is 0 Å². The van der Waals surface area contributed by atoms with Gasteiger partial charge in [0.15, 0.2) is 0 Å². The van der Waals surface area contributed by atoms with Gasteiger partial charge >= 0.3 is 0 Å². The molecule has 0 aliphatic carbocycles. The van der Waals surface area contributed by atoms with Crippen LogP contribution in [0.3, 0.4) is 0 Å². The van der Waals surface area contributed by atoms with Crippen molar-refractivity contribution in [1.29, 1.82) is 0 Å². The van der Waals surface area contributed by atoms with Gasteiger partial charge in [-0.15, -0.1) is 0 Å². The highest BCUT2D eigenvalue weighted by atomic mass is 35.5. The predicted molar refractivity (Wildman–Crippen MR) is 82.1 cm³/mol. The minimum Gasteiger partial charge on any atom is -0.495 e. The van der Waals surface area contributed by atoms with E-state index in [2.05, 4.69) is 36.9 Å². The Morgan fingerprint density at radius 1 is 1.21 bits per heavy atom. The van der Waals surface area contributed by atoms with Gasteiger partial charge in [0.05, 0.1) is 12.1 Å². The van der Waals surface area contributed by atoms with Gasteiger partial charge < -0.3 is 9.64 Å². The third-order valence-electron chi connectivity index (χ3n) is 3.15. The number of hydrogen-bond donors (Lipinski definition) is 0. The fourth-order valence-electron chi connectivity index (χ4n) is 2.03. The van der Waals surface area contributed by atoms with E-state index >= 15 is 0 Å². The van der Waals surface area contributed by atoms with Crippen LogP contribution in [0.4, 0.5) is 0 Å². The van der Waals surface area contributed by atoms with Gasteiger partial charge in [0.25, 0.3) is 0 Å². The Morgan fingerprint density at radius 2 is 1.95 bits per heavy atom. The summed E-state index contributed by atoms with van der Waals surface area (Å²) in [7, 11) is 5.86. The van der Waals surface area contributed by atoms with Crippen LogP contribution in [0.25, 0.3) is 0 Å². The maximum Gasteiger partial charge on any atom is 0.137 e. The van der Waals surface area contributed by atoms with Crippen molar-refractivity contribution in [1.82, 2.24) is 9.80 Å². The highest BCUT2D eigenvalue weighted by molar-refractivity contribution is 6.32. The van der Waals surface area contributed by atoms with E-state index in [0.717, 1.165) is 31.9 Å². The number of methoxy groups -OCH3 is 1. The SMILES string of the molecule is CCN(CCCN(C)C)Cc1ccc(OC)c(Cl)c1. The molecule has 1 rings (SSSR count). The van der Waals surface area contributed by atoms with Gasteiger partial charge in [0, 0.05) is 6.54 Å². The van der Waals surface area contributed by atoms with Crippen molar-refractivity contribution in [3.8, 4) is 5.75 Å². The molecule has 0 radical (unpaired) electrons. The minimum absolute atomic E-state index is 0.685. The Balaban J connectivity index is 2.53. The zero-order chi connectivity index (χ0) is 14.3. The molecule has 0 spiro atoms. The number of rotatable bonds is 8. The molecule has 0 heterocycles. The molecule has 3 nitrogen and oxygen atoms in total. The molecular formula is C15H25ClN2O. The Hall–Kier alpha value is -0.770. The first kappa shape index (κ1) is 16.3. The topological polar surface area (TPSA) is 15.7 Å². The largest absolute Gasteiger partial charge is 0.495 e. The number of halogens is 1. The smallest absolute Gasteiger partial charge is 0.137 e. The van der Waals surface area contributed by atoms with Crippen LogP contribution >= 0.6 is 11.6 Å². The molecule has 0 bridgehead atoms. The van der Waals surface area contributed by atoms with Crippen molar-refractivity contribution < 1.29 is 4.74 Å². The van der Waals surface area contributed by atoms with Gasteiger partial charge in [0.1, 0.15) is 5.75 Å². The number of hydrogen-bond acceptors (Lipinski definition) is 3. The van der Waals surface area contributed by atoms with Crippen molar-refractivity contribution in [2.45, 2.75) is 19.9 Å². The van der Waals surface area contributed by atoms with Gasteiger partial charge in [-0.3, -0.25) is 4.90 Å². The summed E-state index contributed by atoms with van der Waals surface area (Å²) in [5, 5.41) is 0.685. The van der Waals surface area contributed by atoms with Crippen molar-refractivity contribution in [2.75, 3.05) is 40.8 Å². The predicted octanol–water partition coefficient (Wildman–Crippen LogP) is 3.12. The van der Waals surface area contributed by atoms with E-state index < -0.39 is 0 Å². The molecule has 108 valence electrons. The maximum atomic E-state index is 6.15. The van der Waals surface area contributed by atoms with Gasteiger partial charge in [-0.1, -0.05) is 24.6 Å². The first-order chi connectivity index (χ1) is 9.06. The van der Waals surface area contributed by atoms with Gasteiger partial charge in [-0.05, 0) is 57.8 Å². The lowest BCUT2D eigenvalue weighted by atomic mass is 10.2. The molecule has 0 saturated carbocycles. The number of benzene rings is 1. The normalized spacial score (nSPS) is 11.3. The Labute approximate surface area is 122 Å². The quantitative estimate of drug-likeness (QED) is 0.729. The zero-order valence-electron chi connectivity index (χ0n) is 12.4. The van der Waals surface area contributed by atoms with Crippen LogP contribution in [-0.2, 0) is 6.54 Å². The molecule has 0 N–H and O–H groups in total. The van der Waals surface area contributed by atoms with Gasteiger partial charge in [-0.2, -0.15) is 0 Å². The lowest BCUT2D eigenvalue weighted by molar-refractivity contribution is 0.259. The molecule has 0 aromatic heterocycles. The molecule has 0 atom stereocenters. The summed E-state index contributed by atoms with van der Waals surface area (Å²) < 4.78 is 5.17. The fraction of sp³-hybridized carbons (Fsp3) is 0.600. The van der Waals surface area contributed by atoms with E-state index in [-0.39, 0.29) is 0 Å². The first-order valence-corrected chi connectivity index (χ1v) is 7.14. The summed E-state index contributed by atoms with van der Waals surface area (Å²) in [5.74, 6) is 0.737. The average molecular weight is 285 g/mol. The van der Waals surface area contributed by atoms with Crippen molar-refractivity contribution >= 4 is 11.6 Å². The summed E-state index contributed by atoms with van der Waals surface area (Å²) in [6.45, 7) is 6.42. The van der Waals surface area contributed by atoms with Gasteiger partial charge in [0.2, 0.25) is 0 Å². The van der Waals surface area contributed by atoms with Gasteiger partial charge in [-0.25, -0.2) is 0 Å². The minimum atomic E-state index is 0.685. The molecule has 0 fully saturated rings. The molecule has 0 amide bonds. The summed E-state index contributed by atoms with van der Waals surface area (Å²) in [5.41, 5.74) is 1.23. The Kier molecular flexibility index (Phi) is 7.21. The first-order valence-electron chi connectivity index (χ1n) is 6.76. The molecule has 4 heteroatoms. The van der Waals surface area contributed by atoms with E-state index in [4.69, 9.17) is 16.3 Å². The van der Waals surface area contributed by atoms with E-state index in [1.54, 1.807) is 7.11 Å². The molecule has 0 aliphatic rings. The second-order valence-corrected chi connectivity index (χ2v) is 5.40. The second kappa shape index (κ2) is 8.41. The van der Waals surface area contributed by atoms with Crippen molar-refractivity contribution in [2.24, 2.45) is 0 Å². The van der Waals surface area contributed by atoms with Crippen LogP contribution in [0.5, 0.6) is 5.75 Å². The summed E-state index contributed by atoms with van der Waals surface area (Å²) in [4.78, 5) is 4.65. The maximum absolute atomic E-state index is 6.15. The van der Waals surface area contributed by atoms with Crippen LogP contribution < -0.4 is 4.74 Å². The van der Waals surface area contributed by atoms with E-state index in [1.165, 1.54) is 12.0 Å². The summed E-state index contributed by atoms with van der Waals surface area (Å²) in [6.07, 6.45) is 1.19. The third kappa shape index (κ3) is 5.81. The Morgan fingerprint density at radius 3 is 2.47 bits per heavy atom. The number of nitrogens with zero attached hydrogens (tertiary/aromatic N) is 2. The van der Waals surface area contributed by atoms with E-state index in [1.807, 2.05) is 12.1 Å². The standard InChI is InChI=1S/C15H25ClN2O/c1-5-18(10-6-9-17(2)3)12-13-7-8-15(19-4)14(16)11-13/h7-8,11H,5-6,9-10,12H2,1-4H3. The van der Waals surface area contributed by atoms with E-state index in [0.29, 0.717) is 5.02 Å². The molecule has 1 aromatic rings. The molecular weight excluding hydrogens is 260 g/mol. The second-order valence-electron chi connectivity index (χ2n) is 4.99. The zero-order valence-corrected chi connectivity index (χ0v) is 13.2. The monoisotopic (exact) mass is 284 g/mol. The molecule has 0 aliphatic heterocycles. The van der Waals surface area contributed by atoms with Crippen LogP contribution in [0, 0.1) is 0 Å². The number of ether oxygens (including phenoxy) is 1. The molecule has 0 unspecified atom stereocenters. The van der Waals surface area contributed by atoms with Crippen LogP contribution in [0.15, 0.2) is 18.2 Å². The molecule has 0 saturated heterocycles. The summed E-state index contributed by atoms with van der Waals surface area (Å²) >= 11 is 6.15. The summed E-state index contributed by atoms with van der Waals surface area (Å²) in [6, 6.07) is 6.01. The fourth-order valence-corrected chi connectivity index (χ4v) is 2.31. The van der Waals surface area contributed by atoms with Crippen LogP contribution in [0.1, 0.15) is 18.9 Å². The van der Waals surface area contributed by atoms with Crippen LogP contribution in [0.2, 0.25) is 5.02 Å². The molecule has 19 heavy (non-hydrogen) atoms. The molecule has 1 aromatic carbocycles. The Bertz CT molecular complexity index is 382. The third-order valence-corrected chi connectivity index (χ3v) is 3.44. The van der Waals surface area contributed by atoms with Crippen molar-refractivity contribution in [3.05, 3.63) is 28.8 Å². The van der Waals surface area contributed by atoms with Crippen LogP contribution in [-0.4, -0.2) is 50.6 Å². The average Bonchev–Trinajstić information content (AvgIpc) is 2.37. The lowest BCUT2D eigenvalue weighted by Crippen LogP contribution is -2.26. The lowest BCUT2D eigenvalue weighted by Gasteiger charge is -2.21.